The number of methoxy groups -OCH3 is 1. The Balaban J connectivity index is 2.10. The summed E-state index contributed by atoms with van der Waals surface area (Å²) in [5.41, 5.74) is 4.00. The molecule has 3 rings (SSSR count). The van der Waals surface area contributed by atoms with E-state index in [9.17, 15) is 0 Å². The highest BCUT2D eigenvalue weighted by atomic mass is 16.5. The van der Waals surface area contributed by atoms with E-state index in [0.29, 0.717) is 6.61 Å². The van der Waals surface area contributed by atoms with Crippen molar-refractivity contribution in [3.05, 3.63) is 59.2 Å². The average Bonchev–Trinajstić information content (AvgIpc) is 2.55. The van der Waals surface area contributed by atoms with Gasteiger partial charge < -0.3 is 9.47 Å². The van der Waals surface area contributed by atoms with Crippen molar-refractivity contribution < 1.29 is 9.47 Å². The molecule has 0 spiro atoms. The van der Waals surface area contributed by atoms with E-state index >= 15 is 0 Å². The van der Waals surface area contributed by atoms with Crippen molar-refractivity contribution in [1.29, 1.82) is 0 Å². The molecular weight excluding hydrogens is 274 g/mol. The minimum absolute atomic E-state index is 0.273. The highest BCUT2D eigenvalue weighted by Crippen LogP contribution is 2.40. The van der Waals surface area contributed by atoms with Crippen LogP contribution in [0.2, 0.25) is 0 Å². The Bertz CT molecular complexity index is 639. The van der Waals surface area contributed by atoms with Gasteiger partial charge in [0, 0.05) is 6.54 Å². The second-order valence-corrected chi connectivity index (χ2v) is 5.68. The number of hydrogen-bond donors (Lipinski definition) is 0. The molecule has 1 aliphatic rings. The lowest BCUT2D eigenvalue weighted by atomic mass is 9.88. The SMILES string of the molecule is CCOc1cc2c(cc1OC)CCN(C)C2c1ccccc1. The monoisotopic (exact) mass is 297 g/mol. The molecule has 0 aromatic heterocycles. The molecule has 0 bridgehead atoms. The number of nitrogens with zero attached hydrogens (tertiary/aromatic N) is 1. The number of benzene rings is 2. The Kier molecular flexibility index (Phi) is 4.34. The van der Waals surface area contributed by atoms with Gasteiger partial charge in [-0.05, 0) is 49.2 Å². The minimum Gasteiger partial charge on any atom is -0.493 e. The Morgan fingerprint density at radius 1 is 1.14 bits per heavy atom. The molecule has 1 aliphatic heterocycles. The number of hydrogen-bond acceptors (Lipinski definition) is 3. The van der Waals surface area contributed by atoms with Gasteiger partial charge >= 0.3 is 0 Å². The quantitative estimate of drug-likeness (QED) is 0.859. The third-order valence-corrected chi connectivity index (χ3v) is 4.31. The van der Waals surface area contributed by atoms with Crippen LogP contribution in [0, 0.1) is 0 Å². The molecule has 0 radical (unpaired) electrons. The Hall–Kier alpha value is -2.00. The third-order valence-electron chi connectivity index (χ3n) is 4.31. The van der Waals surface area contributed by atoms with Crippen LogP contribution in [0.1, 0.15) is 29.7 Å². The normalized spacial score (nSPS) is 17.9. The summed E-state index contributed by atoms with van der Waals surface area (Å²) in [4.78, 5) is 2.40. The lowest BCUT2D eigenvalue weighted by molar-refractivity contribution is 0.260. The zero-order valence-electron chi connectivity index (χ0n) is 13.5. The van der Waals surface area contributed by atoms with E-state index in [0.717, 1.165) is 24.5 Å². The van der Waals surface area contributed by atoms with Gasteiger partial charge in [0.25, 0.3) is 0 Å². The smallest absolute Gasteiger partial charge is 0.161 e. The van der Waals surface area contributed by atoms with Gasteiger partial charge in [0.15, 0.2) is 11.5 Å². The summed E-state index contributed by atoms with van der Waals surface area (Å²) in [7, 11) is 3.89. The molecule has 2 aromatic carbocycles. The first-order valence-electron chi connectivity index (χ1n) is 7.83. The van der Waals surface area contributed by atoms with Gasteiger partial charge in [-0.25, -0.2) is 0 Å². The van der Waals surface area contributed by atoms with E-state index in [-0.39, 0.29) is 6.04 Å². The summed E-state index contributed by atoms with van der Waals surface area (Å²) in [5.74, 6) is 1.66. The van der Waals surface area contributed by atoms with Gasteiger partial charge in [-0.3, -0.25) is 4.90 Å². The fraction of sp³-hybridized carbons (Fsp3) is 0.368. The average molecular weight is 297 g/mol. The second kappa shape index (κ2) is 6.41. The molecule has 0 aliphatic carbocycles. The standard InChI is InChI=1S/C19H23NO2/c1-4-22-18-13-16-15(12-17(18)21-3)10-11-20(2)19(16)14-8-6-5-7-9-14/h5-9,12-13,19H,4,10-11H2,1-3H3. The van der Waals surface area contributed by atoms with Crippen LogP contribution in [0.4, 0.5) is 0 Å². The van der Waals surface area contributed by atoms with Crippen molar-refractivity contribution in [3.63, 3.8) is 0 Å². The maximum Gasteiger partial charge on any atom is 0.161 e. The molecule has 2 aromatic rings. The number of rotatable bonds is 4. The lowest BCUT2D eigenvalue weighted by Gasteiger charge is -2.35. The maximum absolute atomic E-state index is 5.77. The fourth-order valence-corrected chi connectivity index (χ4v) is 3.25. The largest absolute Gasteiger partial charge is 0.493 e. The molecule has 1 atom stereocenters. The van der Waals surface area contributed by atoms with Gasteiger partial charge in [-0.15, -0.1) is 0 Å². The van der Waals surface area contributed by atoms with Gasteiger partial charge in [0.05, 0.1) is 19.8 Å². The molecule has 116 valence electrons. The van der Waals surface area contributed by atoms with E-state index in [1.807, 2.05) is 6.92 Å². The Morgan fingerprint density at radius 3 is 2.59 bits per heavy atom. The molecule has 3 nitrogen and oxygen atoms in total. The number of likely N-dealkylation sites (N-methyl/N-ethyl adjacent to an activating group) is 1. The van der Waals surface area contributed by atoms with E-state index < -0.39 is 0 Å². The summed E-state index contributed by atoms with van der Waals surface area (Å²) >= 11 is 0. The molecule has 0 N–H and O–H groups in total. The van der Waals surface area contributed by atoms with Gasteiger partial charge in [0.1, 0.15) is 0 Å². The summed E-state index contributed by atoms with van der Waals surface area (Å²) in [6, 6.07) is 15.2. The topological polar surface area (TPSA) is 21.7 Å². The van der Waals surface area contributed by atoms with Crippen LogP contribution in [0.3, 0.4) is 0 Å². The molecule has 0 fully saturated rings. The molecule has 22 heavy (non-hydrogen) atoms. The van der Waals surface area contributed by atoms with Crippen LogP contribution < -0.4 is 9.47 Å². The van der Waals surface area contributed by atoms with E-state index in [1.165, 1.54) is 16.7 Å². The zero-order valence-corrected chi connectivity index (χ0v) is 13.5. The first-order chi connectivity index (χ1) is 10.7. The Morgan fingerprint density at radius 2 is 1.91 bits per heavy atom. The molecule has 3 heteroatoms. The van der Waals surface area contributed by atoms with Crippen LogP contribution >= 0.6 is 0 Å². The summed E-state index contributed by atoms with van der Waals surface area (Å²) in [6.07, 6.45) is 1.04. The van der Waals surface area contributed by atoms with Crippen LogP contribution in [0.5, 0.6) is 11.5 Å². The predicted molar refractivity (Wildman–Crippen MR) is 88.8 cm³/mol. The molecular formula is C19H23NO2. The van der Waals surface area contributed by atoms with Crippen LogP contribution in [-0.2, 0) is 6.42 Å². The van der Waals surface area contributed by atoms with Crippen LogP contribution in [0.25, 0.3) is 0 Å². The van der Waals surface area contributed by atoms with Crippen molar-refractivity contribution in [2.75, 3.05) is 27.3 Å². The minimum atomic E-state index is 0.273. The maximum atomic E-state index is 5.77. The molecule has 1 unspecified atom stereocenters. The van der Waals surface area contributed by atoms with Gasteiger partial charge in [0.2, 0.25) is 0 Å². The fourth-order valence-electron chi connectivity index (χ4n) is 3.25. The van der Waals surface area contributed by atoms with Crippen molar-refractivity contribution >= 4 is 0 Å². The van der Waals surface area contributed by atoms with Crippen molar-refractivity contribution in [1.82, 2.24) is 4.90 Å². The van der Waals surface area contributed by atoms with E-state index in [2.05, 4.69) is 54.4 Å². The first-order valence-corrected chi connectivity index (χ1v) is 7.83. The summed E-state index contributed by atoms with van der Waals surface area (Å²) in [6.45, 7) is 3.68. The van der Waals surface area contributed by atoms with Gasteiger partial charge in [-0.2, -0.15) is 0 Å². The third kappa shape index (κ3) is 2.69. The highest BCUT2D eigenvalue weighted by Gasteiger charge is 2.27. The molecule has 0 amide bonds. The number of ether oxygens (including phenoxy) is 2. The summed E-state index contributed by atoms with van der Waals surface area (Å²) in [5, 5.41) is 0. The van der Waals surface area contributed by atoms with E-state index in [1.54, 1.807) is 7.11 Å². The van der Waals surface area contributed by atoms with Crippen molar-refractivity contribution in [2.45, 2.75) is 19.4 Å². The van der Waals surface area contributed by atoms with E-state index in [4.69, 9.17) is 9.47 Å². The van der Waals surface area contributed by atoms with Crippen molar-refractivity contribution in [2.24, 2.45) is 0 Å². The zero-order chi connectivity index (χ0) is 15.5. The van der Waals surface area contributed by atoms with Gasteiger partial charge in [-0.1, -0.05) is 30.3 Å². The van der Waals surface area contributed by atoms with Crippen molar-refractivity contribution in [3.8, 4) is 11.5 Å². The second-order valence-electron chi connectivity index (χ2n) is 5.68. The number of fused-ring (bicyclic) bond motifs is 1. The highest BCUT2D eigenvalue weighted by molar-refractivity contribution is 5.51. The summed E-state index contributed by atoms with van der Waals surface area (Å²) < 4.78 is 11.3. The first kappa shape index (κ1) is 14.9. The predicted octanol–water partition coefficient (Wildman–Crippen LogP) is 3.67. The Labute approximate surface area is 132 Å². The van der Waals surface area contributed by atoms with Crippen LogP contribution in [0.15, 0.2) is 42.5 Å². The molecule has 0 saturated heterocycles. The molecule has 1 heterocycles. The molecule has 0 saturated carbocycles. The van der Waals surface area contributed by atoms with Crippen LogP contribution in [-0.4, -0.2) is 32.2 Å². The lowest BCUT2D eigenvalue weighted by Crippen LogP contribution is -2.32.